The van der Waals surface area contributed by atoms with Crippen molar-refractivity contribution in [3.8, 4) is 0 Å². The van der Waals surface area contributed by atoms with Crippen LogP contribution in [0.5, 0.6) is 0 Å². The van der Waals surface area contributed by atoms with Crippen molar-refractivity contribution in [1.82, 2.24) is 20.9 Å². The number of carbonyl (C=O) groups excluding carboxylic acids is 3. The van der Waals surface area contributed by atoms with Crippen LogP contribution < -0.4 is 16.0 Å². The van der Waals surface area contributed by atoms with Gasteiger partial charge in [-0.25, -0.2) is 14.4 Å². The number of alkyl carbamates (subject to hydrolysis) is 3. The van der Waals surface area contributed by atoms with Crippen LogP contribution in [0.2, 0.25) is 0 Å². The van der Waals surface area contributed by atoms with Crippen LogP contribution in [0.25, 0.3) is 0 Å². The van der Waals surface area contributed by atoms with E-state index in [1.54, 1.807) is 0 Å². The molecular weight excluding hydrogens is 456 g/mol. The number of nitrogens with zero attached hydrogens (tertiary/aromatic N) is 1. The van der Waals surface area contributed by atoms with Gasteiger partial charge in [-0.1, -0.05) is 40.0 Å². The minimum absolute atomic E-state index is 0.0133. The zero-order chi connectivity index (χ0) is 26.2. The van der Waals surface area contributed by atoms with Gasteiger partial charge in [-0.15, -0.1) is 0 Å². The number of aliphatic hydroxyl groups is 1. The minimum atomic E-state index is -0.489. The predicted molar refractivity (Wildman–Crippen MR) is 134 cm³/mol. The van der Waals surface area contributed by atoms with Gasteiger partial charge in [-0.05, 0) is 32.1 Å². The van der Waals surface area contributed by atoms with Crippen LogP contribution in [0.1, 0.15) is 72.1 Å². The quantitative estimate of drug-likeness (QED) is 0.138. The summed E-state index contributed by atoms with van der Waals surface area (Å²) < 4.78 is 15.4. The second-order valence-corrected chi connectivity index (χ2v) is 8.33. The van der Waals surface area contributed by atoms with Gasteiger partial charge in [0.1, 0.15) is 0 Å². The number of unbranched alkanes of at least 4 members (excludes halogenated alkanes) is 3. The molecule has 0 fully saturated rings. The lowest BCUT2D eigenvalue weighted by atomic mass is 10.1. The Morgan fingerprint density at radius 3 is 1.63 bits per heavy atom. The summed E-state index contributed by atoms with van der Waals surface area (Å²) in [5, 5.41) is 17.6. The molecule has 0 rings (SSSR count). The SMILES string of the molecule is CCCCOC(=O)NCCN(CCNC(=O)OCCCC)CC(CCCO)NC(=O)OCCCC. The Kier molecular flexibility index (Phi) is 21.9. The maximum absolute atomic E-state index is 12.2. The standard InChI is InChI=1S/C24H48N4O7/c1-4-7-17-33-22(30)25-12-14-28(15-13-26-23(31)34-18-8-5-2)20-21(11-10-16-29)27-24(32)35-19-9-6-3/h21,29H,4-20H2,1-3H3,(H,25,30)(H,26,31)(H,27,32). The van der Waals surface area contributed by atoms with Crippen molar-refractivity contribution in [2.75, 3.05) is 59.2 Å². The van der Waals surface area contributed by atoms with Gasteiger partial charge in [0, 0.05) is 45.4 Å². The van der Waals surface area contributed by atoms with Gasteiger partial charge in [0.15, 0.2) is 0 Å². The number of aliphatic hydroxyl groups excluding tert-OH is 1. The monoisotopic (exact) mass is 504 g/mol. The van der Waals surface area contributed by atoms with E-state index in [0.717, 1.165) is 38.5 Å². The molecule has 4 N–H and O–H groups in total. The van der Waals surface area contributed by atoms with Gasteiger partial charge >= 0.3 is 18.3 Å². The first-order valence-electron chi connectivity index (χ1n) is 13.0. The van der Waals surface area contributed by atoms with Crippen molar-refractivity contribution >= 4 is 18.3 Å². The Bertz CT molecular complexity index is 524. The number of hydrogen-bond acceptors (Lipinski definition) is 8. The molecule has 0 heterocycles. The highest BCUT2D eigenvalue weighted by Crippen LogP contribution is 2.03. The fourth-order valence-electron chi connectivity index (χ4n) is 3.02. The molecule has 11 heteroatoms. The van der Waals surface area contributed by atoms with Crippen molar-refractivity contribution in [2.45, 2.75) is 78.2 Å². The van der Waals surface area contributed by atoms with E-state index in [1.807, 2.05) is 25.7 Å². The highest BCUT2D eigenvalue weighted by molar-refractivity contribution is 5.68. The second kappa shape index (κ2) is 23.5. The van der Waals surface area contributed by atoms with E-state index in [-0.39, 0.29) is 12.6 Å². The number of hydrogen-bond donors (Lipinski definition) is 4. The van der Waals surface area contributed by atoms with E-state index in [4.69, 9.17) is 14.2 Å². The van der Waals surface area contributed by atoms with Crippen LogP contribution in [-0.2, 0) is 14.2 Å². The zero-order valence-electron chi connectivity index (χ0n) is 21.9. The topological polar surface area (TPSA) is 138 Å². The lowest BCUT2D eigenvalue weighted by Gasteiger charge is -2.28. The summed E-state index contributed by atoms with van der Waals surface area (Å²) in [6.45, 7) is 9.31. The van der Waals surface area contributed by atoms with Gasteiger partial charge in [0.2, 0.25) is 0 Å². The molecule has 0 spiro atoms. The maximum atomic E-state index is 12.2. The highest BCUT2D eigenvalue weighted by Gasteiger charge is 2.18. The largest absolute Gasteiger partial charge is 0.450 e. The van der Waals surface area contributed by atoms with Crippen LogP contribution in [0, 0.1) is 0 Å². The molecule has 0 aromatic heterocycles. The van der Waals surface area contributed by atoms with Crippen LogP contribution >= 0.6 is 0 Å². The highest BCUT2D eigenvalue weighted by atomic mass is 16.6. The average molecular weight is 505 g/mol. The Balaban J connectivity index is 4.83. The molecule has 1 atom stereocenters. The molecule has 1 unspecified atom stereocenters. The number of nitrogens with one attached hydrogen (secondary N) is 3. The summed E-state index contributed by atoms with van der Waals surface area (Å²) in [5.41, 5.74) is 0. The summed E-state index contributed by atoms with van der Waals surface area (Å²) in [6, 6.07) is -0.260. The van der Waals surface area contributed by atoms with Gasteiger partial charge in [-0.3, -0.25) is 4.90 Å². The molecule has 0 radical (unpaired) electrons. The molecule has 3 amide bonds. The molecule has 0 saturated carbocycles. The van der Waals surface area contributed by atoms with Crippen LogP contribution in [0.4, 0.5) is 14.4 Å². The van der Waals surface area contributed by atoms with Crippen molar-refractivity contribution < 1.29 is 33.7 Å². The van der Waals surface area contributed by atoms with Crippen LogP contribution in [-0.4, -0.2) is 93.5 Å². The second-order valence-electron chi connectivity index (χ2n) is 8.33. The molecule has 0 aromatic rings. The van der Waals surface area contributed by atoms with Crippen LogP contribution in [0.3, 0.4) is 0 Å². The zero-order valence-corrected chi connectivity index (χ0v) is 21.9. The van der Waals surface area contributed by atoms with E-state index >= 15 is 0 Å². The van der Waals surface area contributed by atoms with Gasteiger partial charge in [0.05, 0.1) is 19.8 Å². The number of carbonyl (C=O) groups is 3. The van der Waals surface area contributed by atoms with Gasteiger partial charge in [0.25, 0.3) is 0 Å². The molecule has 0 aliphatic heterocycles. The number of ether oxygens (including phenoxy) is 3. The first-order chi connectivity index (χ1) is 17.0. The van der Waals surface area contributed by atoms with E-state index in [9.17, 15) is 19.5 Å². The summed E-state index contributed by atoms with van der Waals surface area (Å²) in [7, 11) is 0. The Morgan fingerprint density at radius 2 is 1.20 bits per heavy atom. The molecule has 0 aromatic carbocycles. The van der Waals surface area contributed by atoms with Crippen molar-refractivity contribution in [3.05, 3.63) is 0 Å². The Morgan fingerprint density at radius 1 is 0.743 bits per heavy atom. The third-order valence-electron chi connectivity index (χ3n) is 5.10. The summed E-state index contributed by atoms with van der Waals surface area (Å²) in [6.07, 6.45) is 4.89. The Labute approximate surface area is 210 Å². The molecule has 0 aliphatic carbocycles. The fraction of sp³-hybridized carbons (Fsp3) is 0.875. The third-order valence-corrected chi connectivity index (χ3v) is 5.10. The first kappa shape index (κ1) is 32.7. The van der Waals surface area contributed by atoms with Crippen molar-refractivity contribution in [1.29, 1.82) is 0 Å². The van der Waals surface area contributed by atoms with Crippen molar-refractivity contribution in [2.24, 2.45) is 0 Å². The molecule has 0 bridgehead atoms. The fourth-order valence-corrected chi connectivity index (χ4v) is 3.02. The molecule has 0 saturated heterocycles. The molecule has 0 aliphatic rings. The van der Waals surface area contributed by atoms with E-state index in [2.05, 4.69) is 16.0 Å². The number of rotatable bonds is 21. The smallest absolute Gasteiger partial charge is 0.407 e. The lowest BCUT2D eigenvalue weighted by molar-refractivity contribution is 0.132. The van der Waals surface area contributed by atoms with Crippen molar-refractivity contribution in [3.63, 3.8) is 0 Å². The summed E-state index contributed by atoms with van der Waals surface area (Å²) in [4.78, 5) is 37.9. The first-order valence-corrected chi connectivity index (χ1v) is 13.0. The average Bonchev–Trinajstić information content (AvgIpc) is 2.82. The molecule has 11 nitrogen and oxygen atoms in total. The van der Waals surface area contributed by atoms with Crippen LogP contribution in [0.15, 0.2) is 0 Å². The van der Waals surface area contributed by atoms with E-state index < -0.39 is 18.3 Å². The third kappa shape index (κ3) is 20.8. The minimum Gasteiger partial charge on any atom is -0.450 e. The maximum Gasteiger partial charge on any atom is 0.407 e. The summed E-state index contributed by atoms with van der Waals surface area (Å²) in [5.74, 6) is 0. The predicted octanol–water partition coefficient (Wildman–Crippen LogP) is 3.01. The van der Waals surface area contributed by atoms with E-state index in [0.29, 0.717) is 65.4 Å². The molecule has 35 heavy (non-hydrogen) atoms. The van der Waals surface area contributed by atoms with Gasteiger partial charge in [-0.2, -0.15) is 0 Å². The molecular formula is C24H48N4O7. The molecule has 206 valence electrons. The Hall–Kier alpha value is -2.27. The normalized spacial score (nSPS) is 11.6. The summed E-state index contributed by atoms with van der Waals surface area (Å²) >= 11 is 0. The van der Waals surface area contributed by atoms with E-state index in [1.165, 1.54) is 0 Å². The lowest BCUT2D eigenvalue weighted by Crippen LogP contribution is -2.48. The van der Waals surface area contributed by atoms with Gasteiger partial charge < -0.3 is 35.3 Å². The number of amides is 3.